The second-order valence-corrected chi connectivity index (χ2v) is 7.74. The van der Waals surface area contributed by atoms with Gasteiger partial charge in [-0.2, -0.15) is 5.10 Å². The number of nitrogens with zero attached hydrogens (tertiary/aromatic N) is 5. The number of esters is 1. The summed E-state index contributed by atoms with van der Waals surface area (Å²) < 4.78 is 70.8. The number of carbonyl (C=O) groups is 1. The first kappa shape index (κ1) is 22.3. The van der Waals surface area contributed by atoms with Crippen LogP contribution in [0.3, 0.4) is 0 Å². The van der Waals surface area contributed by atoms with Gasteiger partial charge in [0.25, 0.3) is 5.56 Å². The number of pyridine rings is 3. The molecule has 36 heavy (non-hydrogen) atoms. The van der Waals surface area contributed by atoms with Crippen molar-refractivity contribution >= 4 is 17.6 Å². The van der Waals surface area contributed by atoms with Crippen molar-refractivity contribution in [1.29, 1.82) is 0 Å². The summed E-state index contributed by atoms with van der Waals surface area (Å²) in [6.07, 6.45) is 3.16. The zero-order chi connectivity index (χ0) is 27.9. The Labute approximate surface area is 209 Å². The highest BCUT2D eigenvalue weighted by Crippen LogP contribution is 2.28. The summed E-state index contributed by atoms with van der Waals surface area (Å²) in [6.45, 7) is -0.0575. The molecular formula is C23H17ClF3N5O4. The zero-order valence-electron chi connectivity index (χ0n) is 20.8. The van der Waals surface area contributed by atoms with Gasteiger partial charge in [0.05, 0.1) is 21.7 Å². The first-order chi connectivity index (χ1) is 17.9. The Bertz CT molecular complexity index is 1640. The molecular weight excluding hydrogens is 503 g/mol. The molecule has 186 valence electrons. The molecule has 0 fully saturated rings. The molecule has 4 aromatic heterocycles. The molecule has 0 unspecified atom stereocenters. The van der Waals surface area contributed by atoms with Gasteiger partial charge >= 0.3 is 5.97 Å². The van der Waals surface area contributed by atoms with Gasteiger partial charge in [0, 0.05) is 30.2 Å². The van der Waals surface area contributed by atoms with E-state index in [4.69, 9.17) is 19.1 Å². The van der Waals surface area contributed by atoms with Crippen LogP contribution in [0.1, 0.15) is 30.2 Å². The van der Waals surface area contributed by atoms with E-state index in [0.717, 1.165) is 22.4 Å². The van der Waals surface area contributed by atoms with E-state index in [1.54, 1.807) is 0 Å². The first-order valence-corrected chi connectivity index (χ1v) is 10.5. The van der Waals surface area contributed by atoms with Crippen LogP contribution < -0.4 is 10.3 Å². The number of aromatic nitrogens is 5. The van der Waals surface area contributed by atoms with E-state index in [1.807, 2.05) is 0 Å². The van der Waals surface area contributed by atoms with Crippen LogP contribution in [-0.2, 0) is 11.3 Å². The Balaban J connectivity index is 1.80. The molecule has 9 nitrogen and oxygen atoms in total. The van der Waals surface area contributed by atoms with Gasteiger partial charge in [-0.3, -0.25) is 14.3 Å². The number of ether oxygens (including phenoxy) is 2. The third kappa shape index (κ3) is 4.54. The molecule has 0 saturated heterocycles. The molecule has 0 aliphatic heterocycles. The molecule has 0 atom stereocenters. The number of hydrogen-bond acceptors (Lipinski definition) is 7. The molecule has 0 saturated carbocycles. The lowest BCUT2D eigenvalue weighted by atomic mass is 10.2. The Morgan fingerprint density at radius 2 is 1.94 bits per heavy atom. The maximum atomic E-state index is 15.7. The van der Waals surface area contributed by atoms with E-state index in [-0.39, 0.29) is 28.5 Å². The quantitative estimate of drug-likeness (QED) is 0.355. The molecule has 0 bridgehead atoms. The maximum absolute atomic E-state index is 15.7. The second kappa shape index (κ2) is 9.82. The fourth-order valence-electron chi connectivity index (χ4n) is 3.27. The topological polar surface area (TPSA) is 101 Å². The van der Waals surface area contributed by atoms with Gasteiger partial charge in [-0.1, -0.05) is 11.6 Å². The Hall–Kier alpha value is -4.19. The summed E-state index contributed by atoms with van der Waals surface area (Å²) in [5, 5.41) is 3.29. The van der Waals surface area contributed by atoms with Crippen molar-refractivity contribution in [3.8, 4) is 17.3 Å². The van der Waals surface area contributed by atoms with Crippen LogP contribution in [0.5, 0.6) is 5.75 Å². The lowest BCUT2D eigenvalue weighted by molar-refractivity contribution is 0.0593. The molecule has 0 radical (unpaired) electrons. The number of aryl methyl sites for hydroxylation is 2. The predicted molar refractivity (Wildman–Crippen MR) is 121 cm³/mol. The highest BCUT2D eigenvalue weighted by Gasteiger charge is 2.23. The normalized spacial score (nSPS) is 12.2. The minimum absolute atomic E-state index is 0.0626. The van der Waals surface area contributed by atoms with Crippen molar-refractivity contribution < 1.29 is 30.2 Å². The van der Waals surface area contributed by atoms with Gasteiger partial charge in [0.15, 0.2) is 23.1 Å². The molecule has 0 aliphatic carbocycles. The van der Waals surface area contributed by atoms with E-state index in [2.05, 4.69) is 19.8 Å². The molecule has 0 aromatic carbocycles. The van der Waals surface area contributed by atoms with E-state index in [9.17, 15) is 18.4 Å². The van der Waals surface area contributed by atoms with E-state index in [0.29, 0.717) is 12.3 Å². The molecule has 0 spiro atoms. The summed E-state index contributed by atoms with van der Waals surface area (Å²) in [7, 11) is 1.16. The molecule has 4 aromatic rings. The Morgan fingerprint density at radius 1 is 1.19 bits per heavy atom. The van der Waals surface area contributed by atoms with Crippen molar-refractivity contribution in [3.63, 3.8) is 0 Å². The van der Waals surface area contributed by atoms with Gasteiger partial charge in [0.1, 0.15) is 28.8 Å². The maximum Gasteiger partial charge on any atom is 0.358 e. The SMILES string of the molecule is [2H]C([2H])(Oc1cc(C)n(-c2c(C)cnc(-n3ccc(C(=O)OC)n3)c2F)c(=O)c1Cl)c1ncc(F)cc1F. The third-order valence-electron chi connectivity index (χ3n) is 4.95. The highest BCUT2D eigenvalue weighted by atomic mass is 35.5. The first-order valence-electron chi connectivity index (χ1n) is 11.1. The van der Waals surface area contributed by atoms with Gasteiger partial charge in [-0.25, -0.2) is 27.6 Å². The molecule has 0 aliphatic rings. The van der Waals surface area contributed by atoms with Crippen LogP contribution in [0.2, 0.25) is 5.02 Å². The van der Waals surface area contributed by atoms with E-state index in [1.165, 1.54) is 32.3 Å². The molecule has 4 heterocycles. The van der Waals surface area contributed by atoms with Gasteiger partial charge in [0.2, 0.25) is 0 Å². The second-order valence-electron chi connectivity index (χ2n) is 7.36. The number of halogens is 4. The van der Waals surface area contributed by atoms with Crippen molar-refractivity contribution in [1.82, 2.24) is 24.3 Å². The lowest BCUT2D eigenvalue weighted by Gasteiger charge is -2.17. The number of methoxy groups -OCH3 is 1. The highest BCUT2D eigenvalue weighted by molar-refractivity contribution is 6.31. The Kier molecular flexibility index (Phi) is 6.08. The van der Waals surface area contributed by atoms with Crippen molar-refractivity contribution in [2.24, 2.45) is 0 Å². The van der Waals surface area contributed by atoms with Gasteiger partial charge in [-0.05, 0) is 25.5 Å². The molecule has 0 N–H and O–H groups in total. The van der Waals surface area contributed by atoms with E-state index < -0.39 is 52.0 Å². The fraction of sp³-hybridized carbons (Fsp3) is 0.174. The van der Waals surface area contributed by atoms with Gasteiger partial charge < -0.3 is 9.47 Å². The molecule has 4 rings (SSSR count). The van der Waals surface area contributed by atoms with E-state index >= 15 is 4.39 Å². The summed E-state index contributed by atoms with van der Waals surface area (Å²) in [5.74, 6) is -4.88. The summed E-state index contributed by atoms with van der Waals surface area (Å²) in [4.78, 5) is 32.4. The smallest absolute Gasteiger partial charge is 0.358 e. The summed E-state index contributed by atoms with van der Waals surface area (Å²) in [5.41, 5.74) is -1.91. The van der Waals surface area contributed by atoms with Crippen LogP contribution in [0, 0.1) is 31.3 Å². The summed E-state index contributed by atoms with van der Waals surface area (Å²) in [6, 6.07) is 2.86. The third-order valence-corrected chi connectivity index (χ3v) is 5.30. The van der Waals surface area contributed by atoms with Crippen LogP contribution in [0.25, 0.3) is 11.5 Å². The minimum Gasteiger partial charge on any atom is -0.485 e. The monoisotopic (exact) mass is 521 g/mol. The zero-order valence-corrected chi connectivity index (χ0v) is 19.6. The standard InChI is InChI=1S/C23H17ClF3N5O4/c1-11-8-29-21(31-5-4-15(30-31)23(34)35-3)19(27)20(11)32-12(2)6-17(18(24)22(32)33)36-10-16-14(26)7-13(25)9-28-16/h4-9H,10H2,1-3H3/i10D2. The fourth-order valence-corrected chi connectivity index (χ4v) is 3.45. The van der Waals surface area contributed by atoms with Crippen LogP contribution >= 0.6 is 11.6 Å². The summed E-state index contributed by atoms with van der Waals surface area (Å²) >= 11 is 6.19. The Morgan fingerprint density at radius 3 is 2.64 bits per heavy atom. The van der Waals surface area contributed by atoms with Crippen LogP contribution in [0.15, 0.2) is 41.6 Å². The largest absolute Gasteiger partial charge is 0.485 e. The lowest BCUT2D eigenvalue weighted by Crippen LogP contribution is -2.24. The van der Waals surface area contributed by atoms with Gasteiger partial charge in [-0.15, -0.1) is 0 Å². The molecule has 13 heteroatoms. The van der Waals surface area contributed by atoms with Crippen LogP contribution in [-0.4, -0.2) is 37.4 Å². The van der Waals surface area contributed by atoms with Crippen molar-refractivity contribution in [2.45, 2.75) is 20.4 Å². The average molecular weight is 522 g/mol. The predicted octanol–water partition coefficient (Wildman–Crippen LogP) is 3.87. The number of rotatable bonds is 6. The minimum atomic E-state index is -2.95. The molecule has 0 amide bonds. The van der Waals surface area contributed by atoms with Crippen molar-refractivity contribution in [2.75, 3.05) is 7.11 Å². The average Bonchev–Trinajstić information content (AvgIpc) is 3.33. The van der Waals surface area contributed by atoms with Crippen LogP contribution in [0.4, 0.5) is 13.2 Å². The number of hydrogen-bond donors (Lipinski definition) is 0. The van der Waals surface area contributed by atoms with Crippen molar-refractivity contribution in [3.05, 3.63) is 92.3 Å². The number of carbonyl (C=O) groups excluding carboxylic acids is 1.